The molecule has 1 fully saturated rings. The minimum absolute atomic E-state index is 0.000512. The minimum atomic E-state index is -0.736. The van der Waals surface area contributed by atoms with Gasteiger partial charge in [0.25, 0.3) is 0 Å². The van der Waals surface area contributed by atoms with Gasteiger partial charge in [-0.05, 0) is 31.7 Å². The predicted molar refractivity (Wildman–Crippen MR) is 79.0 cm³/mol. The van der Waals surface area contributed by atoms with E-state index in [0.29, 0.717) is 0 Å². The van der Waals surface area contributed by atoms with E-state index >= 15 is 0 Å². The molecule has 3 atom stereocenters. The number of hydrogen-bond donors (Lipinski definition) is 3. The maximum atomic E-state index is 12.4. The first kappa shape index (κ1) is 15.0. The summed E-state index contributed by atoms with van der Waals surface area (Å²) in [5, 5.41) is 12.7. The molecule has 1 saturated carbocycles. The van der Waals surface area contributed by atoms with E-state index in [9.17, 15) is 9.90 Å². The molecule has 1 aliphatic rings. The van der Waals surface area contributed by atoms with Gasteiger partial charge in [-0.3, -0.25) is 4.79 Å². The average Bonchev–Trinajstić information content (AvgIpc) is 2.48. The highest BCUT2D eigenvalue weighted by atomic mass is 16.3. The Morgan fingerprint density at radius 3 is 2.70 bits per heavy atom. The van der Waals surface area contributed by atoms with E-state index in [1.54, 1.807) is 0 Å². The van der Waals surface area contributed by atoms with Crippen molar-refractivity contribution < 1.29 is 9.90 Å². The number of aliphatic hydroxyl groups excluding tert-OH is 1. The van der Waals surface area contributed by atoms with Gasteiger partial charge in [0, 0.05) is 12.0 Å². The van der Waals surface area contributed by atoms with Crippen LogP contribution in [0.4, 0.5) is 0 Å². The van der Waals surface area contributed by atoms with Gasteiger partial charge >= 0.3 is 0 Å². The third-order valence-electron chi connectivity index (χ3n) is 4.21. The molecule has 0 heterocycles. The second-order valence-electron chi connectivity index (χ2n) is 5.97. The predicted octanol–water partition coefficient (Wildman–Crippen LogP) is 1.53. The lowest BCUT2D eigenvalue weighted by atomic mass is 9.84. The van der Waals surface area contributed by atoms with Crippen LogP contribution in [-0.4, -0.2) is 23.7 Å². The van der Waals surface area contributed by atoms with Crippen LogP contribution in [-0.2, 0) is 10.3 Å². The van der Waals surface area contributed by atoms with Gasteiger partial charge in [-0.2, -0.15) is 0 Å². The Morgan fingerprint density at radius 2 is 2.10 bits per heavy atom. The zero-order valence-electron chi connectivity index (χ0n) is 12.0. The lowest BCUT2D eigenvalue weighted by Gasteiger charge is -2.33. The third kappa shape index (κ3) is 3.38. The molecule has 4 nitrogen and oxygen atoms in total. The van der Waals surface area contributed by atoms with Crippen molar-refractivity contribution in [2.45, 2.75) is 44.2 Å². The van der Waals surface area contributed by atoms with Crippen molar-refractivity contribution in [2.75, 3.05) is 6.61 Å². The second-order valence-corrected chi connectivity index (χ2v) is 5.97. The number of benzene rings is 1. The molecule has 110 valence electrons. The SMILES string of the molecule is CC(CO)(NC(=O)C1CCCC(N)C1)c1ccccc1. The summed E-state index contributed by atoms with van der Waals surface area (Å²) in [6, 6.07) is 9.70. The van der Waals surface area contributed by atoms with Gasteiger partial charge in [-0.1, -0.05) is 36.8 Å². The first-order valence-electron chi connectivity index (χ1n) is 7.29. The molecule has 4 heteroatoms. The largest absolute Gasteiger partial charge is 0.394 e. The van der Waals surface area contributed by atoms with E-state index in [2.05, 4.69) is 5.32 Å². The Hall–Kier alpha value is -1.39. The van der Waals surface area contributed by atoms with E-state index < -0.39 is 5.54 Å². The molecule has 20 heavy (non-hydrogen) atoms. The Balaban J connectivity index is 2.07. The van der Waals surface area contributed by atoms with Crippen molar-refractivity contribution in [1.82, 2.24) is 5.32 Å². The number of carbonyl (C=O) groups excluding carboxylic acids is 1. The molecule has 1 aromatic rings. The fourth-order valence-electron chi connectivity index (χ4n) is 2.85. The molecule has 0 bridgehead atoms. The van der Waals surface area contributed by atoms with Crippen molar-refractivity contribution in [3.8, 4) is 0 Å². The summed E-state index contributed by atoms with van der Waals surface area (Å²) in [6.07, 6.45) is 3.62. The van der Waals surface area contributed by atoms with Crippen LogP contribution in [0.25, 0.3) is 0 Å². The summed E-state index contributed by atoms with van der Waals surface area (Å²) in [5.74, 6) is -0.0334. The van der Waals surface area contributed by atoms with Gasteiger partial charge in [0.05, 0.1) is 12.1 Å². The Kier molecular flexibility index (Phi) is 4.78. The fraction of sp³-hybridized carbons (Fsp3) is 0.562. The van der Waals surface area contributed by atoms with Crippen molar-refractivity contribution in [3.05, 3.63) is 35.9 Å². The van der Waals surface area contributed by atoms with Crippen LogP contribution in [0.15, 0.2) is 30.3 Å². The number of amides is 1. The van der Waals surface area contributed by atoms with Crippen LogP contribution in [0.3, 0.4) is 0 Å². The molecule has 0 radical (unpaired) electrons. The van der Waals surface area contributed by atoms with E-state index in [-0.39, 0.29) is 24.5 Å². The van der Waals surface area contributed by atoms with E-state index in [0.717, 1.165) is 31.2 Å². The Labute approximate surface area is 120 Å². The van der Waals surface area contributed by atoms with Gasteiger partial charge in [-0.15, -0.1) is 0 Å². The first-order chi connectivity index (χ1) is 9.55. The number of hydrogen-bond acceptors (Lipinski definition) is 3. The summed E-state index contributed by atoms with van der Waals surface area (Å²) in [6.45, 7) is 1.73. The maximum absolute atomic E-state index is 12.4. The van der Waals surface area contributed by atoms with Gasteiger partial charge in [0.1, 0.15) is 0 Å². The van der Waals surface area contributed by atoms with Crippen molar-refractivity contribution in [2.24, 2.45) is 11.7 Å². The molecule has 1 aliphatic carbocycles. The summed E-state index contributed by atoms with van der Waals surface area (Å²) in [5.41, 5.74) is 6.12. The van der Waals surface area contributed by atoms with E-state index in [1.807, 2.05) is 37.3 Å². The zero-order chi connectivity index (χ0) is 14.6. The highest BCUT2D eigenvalue weighted by molar-refractivity contribution is 5.79. The molecule has 0 aromatic heterocycles. The standard InChI is InChI=1S/C16H24N2O2/c1-16(11-19,13-7-3-2-4-8-13)18-15(20)12-6-5-9-14(17)10-12/h2-4,7-8,12,14,19H,5-6,9-11,17H2,1H3,(H,18,20). The summed E-state index contributed by atoms with van der Waals surface area (Å²) >= 11 is 0. The molecule has 1 aromatic carbocycles. The van der Waals surface area contributed by atoms with Gasteiger partial charge in [0.2, 0.25) is 5.91 Å². The van der Waals surface area contributed by atoms with Crippen LogP contribution in [0.1, 0.15) is 38.2 Å². The van der Waals surface area contributed by atoms with Crippen LogP contribution < -0.4 is 11.1 Å². The average molecular weight is 276 g/mol. The van der Waals surface area contributed by atoms with Gasteiger partial charge < -0.3 is 16.2 Å². The number of aliphatic hydroxyl groups is 1. The monoisotopic (exact) mass is 276 g/mol. The second kappa shape index (κ2) is 6.37. The van der Waals surface area contributed by atoms with Crippen molar-refractivity contribution in [1.29, 1.82) is 0 Å². The molecular formula is C16H24N2O2. The number of rotatable bonds is 4. The van der Waals surface area contributed by atoms with Gasteiger partial charge in [0.15, 0.2) is 0 Å². The molecule has 0 aliphatic heterocycles. The van der Waals surface area contributed by atoms with E-state index in [4.69, 9.17) is 5.73 Å². The highest BCUT2D eigenvalue weighted by Crippen LogP contribution is 2.26. The first-order valence-corrected chi connectivity index (χ1v) is 7.29. The van der Waals surface area contributed by atoms with E-state index in [1.165, 1.54) is 0 Å². The van der Waals surface area contributed by atoms with Crippen molar-refractivity contribution >= 4 is 5.91 Å². The third-order valence-corrected chi connectivity index (χ3v) is 4.21. The Bertz CT molecular complexity index is 449. The Morgan fingerprint density at radius 1 is 1.40 bits per heavy atom. The lowest BCUT2D eigenvalue weighted by molar-refractivity contribution is -0.128. The fourth-order valence-corrected chi connectivity index (χ4v) is 2.85. The smallest absolute Gasteiger partial charge is 0.223 e. The topological polar surface area (TPSA) is 75.3 Å². The lowest BCUT2D eigenvalue weighted by Crippen LogP contribution is -2.49. The molecule has 4 N–H and O–H groups in total. The molecule has 1 amide bonds. The number of nitrogens with one attached hydrogen (secondary N) is 1. The molecule has 0 saturated heterocycles. The molecule has 0 spiro atoms. The molecule has 3 unspecified atom stereocenters. The quantitative estimate of drug-likeness (QED) is 0.780. The number of nitrogens with two attached hydrogens (primary N) is 1. The summed E-state index contributed by atoms with van der Waals surface area (Å²) in [4.78, 5) is 12.4. The van der Waals surface area contributed by atoms with Crippen LogP contribution in [0.2, 0.25) is 0 Å². The van der Waals surface area contributed by atoms with Crippen LogP contribution in [0, 0.1) is 5.92 Å². The minimum Gasteiger partial charge on any atom is -0.394 e. The highest BCUT2D eigenvalue weighted by Gasteiger charge is 2.32. The van der Waals surface area contributed by atoms with Crippen molar-refractivity contribution in [3.63, 3.8) is 0 Å². The maximum Gasteiger partial charge on any atom is 0.223 e. The molecular weight excluding hydrogens is 252 g/mol. The molecule has 2 rings (SSSR count). The number of carbonyl (C=O) groups is 1. The van der Waals surface area contributed by atoms with Crippen LogP contribution in [0.5, 0.6) is 0 Å². The van der Waals surface area contributed by atoms with Gasteiger partial charge in [-0.25, -0.2) is 0 Å². The summed E-state index contributed by atoms with van der Waals surface area (Å²) in [7, 11) is 0. The summed E-state index contributed by atoms with van der Waals surface area (Å²) < 4.78 is 0. The zero-order valence-corrected chi connectivity index (χ0v) is 12.0. The van der Waals surface area contributed by atoms with Crippen LogP contribution >= 0.6 is 0 Å². The normalized spacial score (nSPS) is 25.8.